The summed E-state index contributed by atoms with van der Waals surface area (Å²) in [7, 11) is 0. The second kappa shape index (κ2) is 8.81. The van der Waals surface area contributed by atoms with Crippen LogP contribution in [-0.4, -0.2) is 16.7 Å². The van der Waals surface area contributed by atoms with E-state index in [4.69, 9.17) is 0 Å². The zero-order valence-electron chi connectivity index (χ0n) is 17.2. The summed E-state index contributed by atoms with van der Waals surface area (Å²) in [4.78, 5) is 12.3. The number of aromatic nitrogens is 1. The lowest BCUT2D eigenvalue weighted by atomic mass is 10.0. The van der Waals surface area contributed by atoms with E-state index in [1.165, 1.54) is 16.3 Å². The Bertz CT molecular complexity index is 1450. The summed E-state index contributed by atoms with van der Waals surface area (Å²) in [6.07, 6.45) is 3.79. The van der Waals surface area contributed by atoms with E-state index >= 15 is 0 Å². The number of carbonyl (C=O) groups excluding carboxylic acids is 1. The molecule has 1 aromatic heterocycles. The molecule has 156 valence electrons. The van der Waals surface area contributed by atoms with Crippen LogP contribution in [0.2, 0.25) is 0 Å². The SMILES string of the molecule is O=C(N/N=C\c1cn(Cc2cccc3ccccc23)c2ccccc12)c1ccc(Br)cc1. The van der Waals surface area contributed by atoms with Crippen molar-refractivity contribution in [2.75, 3.05) is 0 Å². The van der Waals surface area contributed by atoms with E-state index in [9.17, 15) is 4.79 Å². The number of nitrogens with zero attached hydrogens (tertiary/aromatic N) is 2. The van der Waals surface area contributed by atoms with Gasteiger partial charge in [0.2, 0.25) is 0 Å². The van der Waals surface area contributed by atoms with E-state index in [2.05, 4.69) is 91.8 Å². The summed E-state index contributed by atoms with van der Waals surface area (Å²) in [5.41, 5.74) is 6.52. The van der Waals surface area contributed by atoms with Crippen LogP contribution in [0.1, 0.15) is 21.5 Å². The molecule has 1 heterocycles. The molecule has 5 aromatic rings. The fourth-order valence-corrected chi connectivity index (χ4v) is 4.21. The van der Waals surface area contributed by atoms with Crippen molar-refractivity contribution < 1.29 is 4.79 Å². The number of nitrogens with one attached hydrogen (secondary N) is 1. The van der Waals surface area contributed by atoms with Crippen molar-refractivity contribution >= 4 is 49.7 Å². The summed E-state index contributed by atoms with van der Waals surface area (Å²) in [5, 5.41) is 7.79. The Hall–Kier alpha value is -3.70. The largest absolute Gasteiger partial charge is 0.342 e. The highest BCUT2D eigenvalue weighted by Crippen LogP contribution is 2.24. The molecule has 5 rings (SSSR count). The second-order valence-electron chi connectivity index (χ2n) is 7.57. The van der Waals surface area contributed by atoms with Crippen molar-refractivity contribution in [3.63, 3.8) is 0 Å². The fourth-order valence-electron chi connectivity index (χ4n) is 3.95. The van der Waals surface area contributed by atoms with Gasteiger partial charge in [-0.15, -0.1) is 0 Å². The van der Waals surface area contributed by atoms with Crippen molar-refractivity contribution in [2.45, 2.75) is 6.54 Å². The van der Waals surface area contributed by atoms with E-state index in [-0.39, 0.29) is 5.91 Å². The first-order chi connectivity index (χ1) is 15.7. The van der Waals surface area contributed by atoms with Gasteiger partial charge in [-0.2, -0.15) is 5.10 Å². The Labute approximate surface area is 194 Å². The molecule has 1 N–H and O–H groups in total. The fraction of sp³-hybridized carbons (Fsp3) is 0.0370. The highest BCUT2D eigenvalue weighted by molar-refractivity contribution is 9.10. The van der Waals surface area contributed by atoms with Gasteiger partial charge in [0.05, 0.1) is 6.21 Å². The van der Waals surface area contributed by atoms with Gasteiger partial charge in [-0.25, -0.2) is 5.43 Å². The van der Waals surface area contributed by atoms with Crippen molar-refractivity contribution in [2.24, 2.45) is 5.10 Å². The zero-order chi connectivity index (χ0) is 21.9. The van der Waals surface area contributed by atoms with Crippen LogP contribution in [0.4, 0.5) is 0 Å². The first-order valence-corrected chi connectivity index (χ1v) is 11.1. The van der Waals surface area contributed by atoms with Gasteiger partial charge in [-0.05, 0) is 46.7 Å². The number of para-hydroxylation sites is 1. The normalized spacial score (nSPS) is 11.4. The van der Waals surface area contributed by atoms with Crippen molar-refractivity contribution in [1.82, 2.24) is 9.99 Å². The van der Waals surface area contributed by atoms with Gasteiger partial charge < -0.3 is 4.57 Å². The molecular formula is C27H20BrN3O. The topological polar surface area (TPSA) is 46.4 Å². The van der Waals surface area contributed by atoms with Crippen LogP contribution in [0.3, 0.4) is 0 Å². The predicted molar refractivity (Wildman–Crippen MR) is 134 cm³/mol. The maximum atomic E-state index is 12.3. The van der Waals surface area contributed by atoms with Crippen molar-refractivity contribution in [1.29, 1.82) is 0 Å². The highest BCUT2D eigenvalue weighted by Gasteiger charge is 2.09. The van der Waals surface area contributed by atoms with E-state index in [1.807, 2.05) is 24.3 Å². The number of carbonyl (C=O) groups is 1. The Kier molecular flexibility index (Phi) is 5.57. The van der Waals surface area contributed by atoms with Crippen LogP contribution >= 0.6 is 15.9 Å². The molecular weight excluding hydrogens is 462 g/mol. The third kappa shape index (κ3) is 4.07. The molecule has 0 saturated heterocycles. The van der Waals surface area contributed by atoms with Gasteiger partial charge in [-0.1, -0.05) is 76.6 Å². The molecule has 0 atom stereocenters. The van der Waals surface area contributed by atoms with E-state index in [0.29, 0.717) is 5.56 Å². The standard InChI is InChI=1S/C27H20BrN3O/c28-23-14-12-20(13-15-23)27(32)30-29-16-22-18-31(26-11-4-3-10-25(22)26)17-21-8-5-7-19-6-1-2-9-24(19)21/h1-16,18H,17H2,(H,30,32)/b29-16-. The first-order valence-electron chi connectivity index (χ1n) is 10.3. The van der Waals surface area contributed by atoms with Crippen LogP contribution in [0.5, 0.6) is 0 Å². The molecule has 0 unspecified atom stereocenters. The number of hydrogen-bond acceptors (Lipinski definition) is 2. The molecule has 32 heavy (non-hydrogen) atoms. The lowest BCUT2D eigenvalue weighted by Crippen LogP contribution is -2.17. The lowest BCUT2D eigenvalue weighted by Gasteiger charge is -2.09. The van der Waals surface area contributed by atoms with Gasteiger partial charge in [-0.3, -0.25) is 4.79 Å². The number of amides is 1. The van der Waals surface area contributed by atoms with Gasteiger partial charge in [0.1, 0.15) is 0 Å². The molecule has 1 amide bonds. The van der Waals surface area contributed by atoms with Gasteiger partial charge in [0, 0.05) is 39.2 Å². The first kappa shape index (κ1) is 20.2. The third-order valence-electron chi connectivity index (χ3n) is 5.52. The highest BCUT2D eigenvalue weighted by atomic mass is 79.9. The lowest BCUT2D eigenvalue weighted by molar-refractivity contribution is 0.0955. The molecule has 0 bridgehead atoms. The van der Waals surface area contributed by atoms with E-state index in [1.54, 1.807) is 18.3 Å². The Morgan fingerprint density at radius 3 is 2.44 bits per heavy atom. The molecule has 4 nitrogen and oxygen atoms in total. The van der Waals surface area contributed by atoms with Crippen LogP contribution in [0.25, 0.3) is 21.7 Å². The minimum atomic E-state index is -0.242. The zero-order valence-corrected chi connectivity index (χ0v) is 18.8. The number of rotatable bonds is 5. The van der Waals surface area contributed by atoms with E-state index in [0.717, 1.165) is 27.5 Å². The van der Waals surface area contributed by atoms with Crippen LogP contribution in [-0.2, 0) is 6.54 Å². The molecule has 0 radical (unpaired) electrons. The van der Waals surface area contributed by atoms with Crippen LogP contribution in [0, 0.1) is 0 Å². The predicted octanol–water partition coefficient (Wildman–Crippen LogP) is 6.37. The van der Waals surface area contributed by atoms with Gasteiger partial charge >= 0.3 is 0 Å². The Morgan fingerprint density at radius 2 is 1.59 bits per heavy atom. The van der Waals surface area contributed by atoms with Crippen molar-refractivity contribution in [3.05, 3.63) is 118 Å². The van der Waals surface area contributed by atoms with E-state index < -0.39 is 0 Å². The molecule has 0 spiro atoms. The van der Waals surface area contributed by atoms with Crippen LogP contribution < -0.4 is 5.43 Å². The number of hydrogen-bond donors (Lipinski definition) is 1. The summed E-state index contributed by atoms with van der Waals surface area (Å²) >= 11 is 3.38. The number of hydrazone groups is 1. The maximum Gasteiger partial charge on any atom is 0.271 e. The average molecular weight is 482 g/mol. The molecule has 0 aliphatic rings. The third-order valence-corrected chi connectivity index (χ3v) is 6.04. The van der Waals surface area contributed by atoms with Gasteiger partial charge in [0.25, 0.3) is 5.91 Å². The minimum Gasteiger partial charge on any atom is -0.342 e. The molecule has 0 aliphatic heterocycles. The monoisotopic (exact) mass is 481 g/mol. The molecule has 0 aliphatic carbocycles. The van der Waals surface area contributed by atoms with Crippen LogP contribution in [0.15, 0.2) is 107 Å². The summed E-state index contributed by atoms with van der Waals surface area (Å²) in [6.45, 7) is 0.751. The molecule has 5 heteroatoms. The quantitative estimate of drug-likeness (QED) is 0.230. The Balaban J connectivity index is 1.43. The average Bonchev–Trinajstić information content (AvgIpc) is 3.17. The maximum absolute atomic E-state index is 12.3. The molecule has 4 aromatic carbocycles. The minimum absolute atomic E-state index is 0.242. The summed E-state index contributed by atoms with van der Waals surface area (Å²) < 4.78 is 3.16. The van der Waals surface area contributed by atoms with Crippen molar-refractivity contribution in [3.8, 4) is 0 Å². The molecule has 0 fully saturated rings. The Morgan fingerprint density at radius 1 is 0.875 bits per heavy atom. The second-order valence-corrected chi connectivity index (χ2v) is 8.49. The summed E-state index contributed by atoms with van der Waals surface area (Å²) in [6, 6.07) is 30.3. The number of halogens is 1. The number of fused-ring (bicyclic) bond motifs is 2. The van der Waals surface area contributed by atoms with Gasteiger partial charge in [0.15, 0.2) is 0 Å². The number of benzene rings is 4. The molecule has 0 saturated carbocycles. The summed E-state index contributed by atoms with van der Waals surface area (Å²) in [5.74, 6) is -0.242. The smallest absolute Gasteiger partial charge is 0.271 e.